The van der Waals surface area contributed by atoms with Crippen LogP contribution in [-0.4, -0.2) is 17.7 Å². The summed E-state index contributed by atoms with van der Waals surface area (Å²) in [6, 6.07) is 14.2. The summed E-state index contributed by atoms with van der Waals surface area (Å²) in [5.41, 5.74) is -0.126. The number of nitrogens with zero attached hydrogens (tertiary/aromatic N) is 2. The standard InChI is InChI=1S/C17H15FN2O3/c1-2-23-17(22)15(20-19-12-8-4-3-5-9-12)16(21)13-10-6-7-11-14(13)18/h3-11,21H,2H2,1H3. The van der Waals surface area contributed by atoms with E-state index < -0.39 is 23.2 Å². The van der Waals surface area contributed by atoms with Crippen LogP contribution in [0.1, 0.15) is 12.5 Å². The number of hydrogen-bond acceptors (Lipinski definition) is 5. The van der Waals surface area contributed by atoms with Crippen LogP contribution < -0.4 is 0 Å². The molecule has 0 spiro atoms. The van der Waals surface area contributed by atoms with Gasteiger partial charge in [-0.05, 0) is 31.2 Å². The van der Waals surface area contributed by atoms with Gasteiger partial charge >= 0.3 is 5.97 Å². The predicted octanol–water partition coefficient (Wildman–Crippen LogP) is 4.40. The Bertz CT molecular complexity index is 743. The molecule has 0 heterocycles. The predicted molar refractivity (Wildman–Crippen MR) is 83.5 cm³/mol. The molecule has 0 saturated heterocycles. The van der Waals surface area contributed by atoms with E-state index in [4.69, 9.17) is 4.74 Å². The minimum absolute atomic E-state index is 0.0910. The van der Waals surface area contributed by atoms with E-state index in [1.165, 1.54) is 24.3 Å². The number of hydrogen-bond donors (Lipinski definition) is 1. The Morgan fingerprint density at radius 2 is 1.78 bits per heavy atom. The second kappa shape index (κ2) is 7.84. The van der Waals surface area contributed by atoms with Crippen molar-refractivity contribution in [1.29, 1.82) is 0 Å². The number of esters is 1. The fourth-order valence-corrected chi connectivity index (χ4v) is 1.77. The number of aliphatic hydroxyl groups excluding tert-OH is 1. The first-order valence-corrected chi connectivity index (χ1v) is 6.95. The third-order valence-corrected chi connectivity index (χ3v) is 2.84. The zero-order valence-corrected chi connectivity index (χ0v) is 12.4. The molecule has 0 fully saturated rings. The number of ether oxygens (including phenoxy) is 1. The number of azo groups is 1. The Morgan fingerprint density at radius 1 is 1.13 bits per heavy atom. The molecule has 2 aromatic rings. The average molecular weight is 314 g/mol. The molecule has 0 radical (unpaired) electrons. The molecule has 2 rings (SSSR count). The van der Waals surface area contributed by atoms with Crippen LogP contribution in [0, 0.1) is 5.82 Å². The smallest absolute Gasteiger partial charge is 0.362 e. The first kappa shape index (κ1) is 16.4. The summed E-state index contributed by atoms with van der Waals surface area (Å²) in [5, 5.41) is 17.8. The molecule has 0 aromatic heterocycles. The van der Waals surface area contributed by atoms with Crippen LogP contribution in [-0.2, 0) is 9.53 Å². The van der Waals surface area contributed by atoms with Gasteiger partial charge in [0.05, 0.1) is 17.9 Å². The highest BCUT2D eigenvalue weighted by molar-refractivity contribution is 5.95. The lowest BCUT2D eigenvalue weighted by molar-refractivity contribution is -0.138. The van der Waals surface area contributed by atoms with Crippen molar-refractivity contribution in [3.05, 3.63) is 71.7 Å². The molecule has 0 aliphatic carbocycles. The van der Waals surface area contributed by atoms with Gasteiger partial charge in [0.1, 0.15) is 5.82 Å². The number of rotatable bonds is 5. The number of halogens is 1. The van der Waals surface area contributed by atoms with Gasteiger partial charge in [-0.1, -0.05) is 30.3 Å². The van der Waals surface area contributed by atoms with Gasteiger partial charge in [0.2, 0.25) is 5.70 Å². The van der Waals surface area contributed by atoms with E-state index in [-0.39, 0.29) is 12.2 Å². The van der Waals surface area contributed by atoms with Gasteiger partial charge in [-0.2, -0.15) is 5.11 Å². The van der Waals surface area contributed by atoms with Gasteiger partial charge in [0.25, 0.3) is 0 Å². The Kier molecular flexibility index (Phi) is 5.57. The number of carbonyl (C=O) groups is 1. The van der Waals surface area contributed by atoms with Gasteiger partial charge < -0.3 is 9.84 Å². The fourth-order valence-electron chi connectivity index (χ4n) is 1.77. The lowest BCUT2D eigenvalue weighted by Crippen LogP contribution is -2.09. The molecule has 0 bridgehead atoms. The quantitative estimate of drug-likeness (QED) is 0.385. The van der Waals surface area contributed by atoms with Crippen molar-refractivity contribution in [2.45, 2.75) is 6.92 Å². The van der Waals surface area contributed by atoms with Gasteiger partial charge in [0.15, 0.2) is 5.76 Å². The summed E-state index contributed by atoms with van der Waals surface area (Å²) in [5.74, 6) is -2.18. The van der Waals surface area contributed by atoms with Gasteiger partial charge in [0, 0.05) is 0 Å². The van der Waals surface area contributed by atoms with Crippen LogP contribution in [0.25, 0.3) is 5.76 Å². The molecular formula is C17H15FN2O3. The van der Waals surface area contributed by atoms with Crippen molar-refractivity contribution in [1.82, 2.24) is 0 Å². The maximum Gasteiger partial charge on any atom is 0.362 e. The SMILES string of the molecule is CCOC(=O)C(N=Nc1ccccc1)=C(O)c1ccccc1F. The summed E-state index contributed by atoms with van der Waals surface area (Å²) >= 11 is 0. The Hall–Kier alpha value is -3.02. The van der Waals surface area contributed by atoms with E-state index in [9.17, 15) is 14.3 Å². The molecule has 5 nitrogen and oxygen atoms in total. The lowest BCUT2D eigenvalue weighted by Gasteiger charge is -2.06. The highest BCUT2D eigenvalue weighted by atomic mass is 19.1. The third-order valence-electron chi connectivity index (χ3n) is 2.84. The highest BCUT2D eigenvalue weighted by Crippen LogP contribution is 2.22. The number of benzene rings is 2. The molecule has 0 aliphatic rings. The lowest BCUT2D eigenvalue weighted by atomic mass is 10.1. The molecule has 0 saturated carbocycles. The molecule has 6 heteroatoms. The van der Waals surface area contributed by atoms with Gasteiger partial charge in [-0.15, -0.1) is 5.11 Å². The van der Waals surface area contributed by atoms with Gasteiger partial charge in [-0.25, -0.2) is 9.18 Å². The van der Waals surface area contributed by atoms with Crippen LogP contribution in [0.2, 0.25) is 0 Å². The largest absolute Gasteiger partial charge is 0.505 e. The van der Waals surface area contributed by atoms with E-state index >= 15 is 0 Å². The zero-order valence-electron chi connectivity index (χ0n) is 12.4. The van der Waals surface area contributed by atoms with Crippen LogP contribution in [0.3, 0.4) is 0 Å². The molecule has 0 aliphatic heterocycles. The van der Waals surface area contributed by atoms with E-state index in [0.29, 0.717) is 5.69 Å². The molecule has 1 N–H and O–H groups in total. The highest BCUT2D eigenvalue weighted by Gasteiger charge is 2.20. The minimum atomic E-state index is -0.882. The van der Waals surface area contributed by atoms with Crippen LogP contribution in [0.15, 0.2) is 70.5 Å². The number of aliphatic hydroxyl groups is 1. The summed E-state index contributed by atoms with van der Waals surface area (Å²) < 4.78 is 18.6. The van der Waals surface area contributed by atoms with Crippen molar-refractivity contribution in [2.24, 2.45) is 10.2 Å². The summed E-state index contributed by atoms with van der Waals surface area (Å²) in [6.45, 7) is 1.71. The topological polar surface area (TPSA) is 71.2 Å². The molecule has 23 heavy (non-hydrogen) atoms. The van der Waals surface area contributed by atoms with E-state index in [1.54, 1.807) is 37.3 Å². The van der Waals surface area contributed by atoms with E-state index in [0.717, 1.165) is 0 Å². The van der Waals surface area contributed by atoms with E-state index in [2.05, 4.69) is 10.2 Å². The monoisotopic (exact) mass is 314 g/mol. The Labute approximate surface area is 132 Å². The summed E-state index contributed by atoms with van der Waals surface area (Å²) in [6.07, 6.45) is 0. The van der Waals surface area contributed by atoms with Crippen LogP contribution in [0.4, 0.5) is 10.1 Å². The maximum atomic E-state index is 13.8. The second-order valence-electron chi connectivity index (χ2n) is 4.43. The summed E-state index contributed by atoms with van der Waals surface area (Å²) in [7, 11) is 0. The van der Waals surface area contributed by atoms with Crippen molar-refractivity contribution in [3.8, 4) is 0 Å². The van der Waals surface area contributed by atoms with Crippen LogP contribution >= 0.6 is 0 Å². The van der Waals surface area contributed by atoms with Crippen LogP contribution in [0.5, 0.6) is 0 Å². The van der Waals surface area contributed by atoms with Crippen molar-refractivity contribution < 1.29 is 19.0 Å². The first-order valence-electron chi connectivity index (χ1n) is 6.95. The third kappa shape index (κ3) is 4.23. The average Bonchev–Trinajstić information content (AvgIpc) is 2.56. The maximum absolute atomic E-state index is 13.8. The van der Waals surface area contributed by atoms with Crippen molar-refractivity contribution in [2.75, 3.05) is 6.61 Å². The normalized spacial score (nSPS) is 12.1. The molecule has 2 aromatic carbocycles. The van der Waals surface area contributed by atoms with Crippen molar-refractivity contribution in [3.63, 3.8) is 0 Å². The molecule has 0 amide bonds. The molecule has 0 atom stereocenters. The fraction of sp³-hybridized carbons (Fsp3) is 0.118. The second-order valence-corrected chi connectivity index (χ2v) is 4.43. The first-order chi connectivity index (χ1) is 11.1. The number of carbonyl (C=O) groups excluding carboxylic acids is 1. The zero-order chi connectivity index (χ0) is 16.7. The molecule has 0 unspecified atom stereocenters. The van der Waals surface area contributed by atoms with Crippen molar-refractivity contribution >= 4 is 17.4 Å². The Morgan fingerprint density at radius 3 is 2.43 bits per heavy atom. The molecule has 118 valence electrons. The molecular weight excluding hydrogens is 299 g/mol. The summed E-state index contributed by atoms with van der Waals surface area (Å²) in [4.78, 5) is 12.0. The minimum Gasteiger partial charge on any atom is -0.505 e. The van der Waals surface area contributed by atoms with Gasteiger partial charge in [-0.3, -0.25) is 0 Å². The van der Waals surface area contributed by atoms with E-state index in [1.807, 2.05) is 0 Å². The Balaban J connectivity index is 2.45.